The number of carbonyl (C=O) groups excluding carboxylic acids is 3. The maximum Gasteiger partial charge on any atom is 0.261 e. The summed E-state index contributed by atoms with van der Waals surface area (Å²) < 4.78 is 0. The molecule has 0 N–H and O–H groups in total. The zero-order valence-corrected chi connectivity index (χ0v) is 14.0. The first kappa shape index (κ1) is 15.1. The molecule has 2 aromatic rings. The standard InChI is InChI=1S/C18H16N2O3S/c1-19-17(22)12-7-6-11(10-13(12)18(19)23)16(21)20-8-2-4-14(20)15-5-3-9-24-15/h3,5-7,9-10,14H,2,4,8H2,1H3. The van der Waals surface area contributed by atoms with Crippen molar-refractivity contribution < 1.29 is 14.4 Å². The van der Waals surface area contributed by atoms with E-state index < -0.39 is 0 Å². The predicted octanol–water partition coefficient (Wildman–Crippen LogP) is 2.95. The van der Waals surface area contributed by atoms with Crippen molar-refractivity contribution in [2.24, 2.45) is 0 Å². The number of thiophene rings is 1. The van der Waals surface area contributed by atoms with Crippen LogP contribution in [0.4, 0.5) is 0 Å². The van der Waals surface area contributed by atoms with Gasteiger partial charge in [0.1, 0.15) is 0 Å². The molecule has 4 rings (SSSR count). The first-order valence-corrected chi connectivity index (χ1v) is 8.76. The molecule has 1 aromatic heterocycles. The summed E-state index contributed by atoms with van der Waals surface area (Å²) >= 11 is 1.66. The third kappa shape index (κ3) is 2.17. The maximum atomic E-state index is 12.9. The first-order chi connectivity index (χ1) is 11.6. The van der Waals surface area contributed by atoms with Gasteiger partial charge < -0.3 is 4.90 Å². The van der Waals surface area contributed by atoms with Crippen LogP contribution in [-0.2, 0) is 0 Å². The molecule has 0 aliphatic carbocycles. The third-order valence-electron chi connectivity index (χ3n) is 4.72. The van der Waals surface area contributed by atoms with Gasteiger partial charge in [0, 0.05) is 24.0 Å². The van der Waals surface area contributed by atoms with Gasteiger partial charge in [-0.15, -0.1) is 11.3 Å². The van der Waals surface area contributed by atoms with E-state index >= 15 is 0 Å². The molecular weight excluding hydrogens is 324 g/mol. The number of likely N-dealkylation sites (tertiary alicyclic amines) is 1. The van der Waals surface area contributed by atoms with Crippen molar-refractivity contribution >= 4 is 29.1 Å². The van der Waals surface area contributed by atoms with Crippen molar-refractivity contribution in [1.82, 2.24) is 9.80 Å². The van der Waals surface area contributed by atoms with Gasteiger partial charge >= 0.3 is 0 Å². The largest absolute Gasteiger partial charge is 0.331 e. The Morgan fingerprint density at radius 1 is 1.17 bits per heavy atom. The molecule has 1 saturated heterocycles. The summed E-state index contributed by atoms with van der Waals surface area (Å²) in [6, 6.07) is 8.95. The highest BCUT2D eigenvalue weighted by molar-refractivity contribution is 7.10. The number of fused-ring (bicyclic) bond motifs is 1. The smallest absolute Gasteiger partial charge is 0.261 e. The van der Waals surface area contributed by atoms with Crippen LogP contribution in [0, 0.1) is 0 Å². The Bertz CT molecular complexity index is 844. The van der Waals surface area contributed by atoms with Crippen LogP contribution in [0.3, 0.4) is 0 Å². The summed E-state index contributed by atoms with van der Waals surface area (Å²) in [6.45, 7) is 0.714. The number of benzene rings is 1. The van der Waals surface area contributed by atoms with Gasteiger partial charge in [-0.05, 0) is 42.5 Å². The summed E-state index contributed by atoms with van der Waals surface area (Å²) in [7, 11) is 1.46. The number of hydrogen-bond donors (Lipinski definition) is 0. The quantitative estimate of drug-likeness (QED) is 0.790. The predicted molar refractivity (Wildman–Crippen MR) is 90.2 cm³/mol. The number of rotatable bonds is 2. The first-order valence-electron chi connectivity index (χ1n) is 7.88. The summed E-state index contributed by atoms with van der Waals surface area (Å²) in [5, 5.41) is 2.02. The topological polar surface area (TPSA) is 57.7 Å². The van der Waals surface area contributed by atoms with Gasteiger partial charge in [-0.1, -0.05) is 6.07 Å². The minimum Gasteiger partial charge on any atom is -0.331 e. The van der Waals surface area contributed by atoms with Gasteiger partial charge in [-0.2, -0.15) is 0 Å². The van der Waals surface area contributed by atoms with Crippen molar-refractivity contribution in [2.75, 3.05) is 13.6 Å². The minimum absolute atomic E-state index is 0.0801. The molecule has 1 fully saturated rings. The fraction of sp³-hybridized carbons (Fsp3) is 0.278. The lowest BCUT2D eigenvalue weighted by atomic mass is 10.0. The Hall–Kier alpha value is -2.47. The van der Waals surface area contributed by atoms with Gasteiger partial charge in [0.25, 0.3) is 17.7 Å². The van der Waals surface area contributed by atoms with Crippen LogP contribution >= 0.6 is 11.3 Å². The van der Waals surface area contributed by atoms with Crippen LogP contribution in [0.25, 0.3) is 0 Å². The van der Waals surface area contributed by atoms with E-state index in [9.17, 15) is 14.4 Å². The lowest BCUT2D eigenvalue weighted by Gasteiger charge is -2.24. The van der Waals surface area contributed by atoms with E-state index in [0.29, 0.717) is 23.2 Å². The fourth-order valence-corrected chi connectivity index (χ4v) is 4.32. The highest BCUT2D eigenvalue weighted by Crippen LogP contribution is 2.35. The number of amides is 3. The van der Waals surface area contributed by atoms with E-state index in [1.54, 1.807) is 29.5 Å². The highest BCUT2D eigenvalue weighted by Gasteiger charge is 2.35. The Kier molecular flexibility index (Phi) is 3.49. The Labute approximate surface area is 143 Å². The molecule has 122 valence electrons. The molecule has 24 heavy (non-hydrogen) atoms. The number of imide groups is 1. The summed E-state index contributed by atoms with van der Waals surface area (Å²) in [5.74, 6) is -0.740. The van der Waals surface area contributed by atoms with Crippen molar-refractivity contribution in [2.45, 2.75) is 18.9 Å². The molecule has 3 amide bonds. The summed E-state index contributed by atoms with van der Waals surface area (Å²) in [6.07, 6.45) is 1.93. The molecule has 0 spiro atoms. The van der Waals surface area contributed by atoms with Gasteiger partial charge in [-0.25, -0.2) is 0 Å². The van der Waals surface area contributed by atoms with Crippen LogP contribution in [0.2, 0.25) is 0 Å². The Morgan fingerprint density at radius 3 is 2.71 bits per heavy atom. The molecule has 1 aromatic carbocycles. The molecule has 3 heterocycles. The van der Waals surface area contributed by atoms with E-state index in [1.807, 2.05) is 16.3 Å². The molecule has 0 radical (unpaired) electrons. The van der Waals surface area contributed by atoms with Gasteiger partial charge in [0.15, 0.2) is 0 Å². The molecule has 0 saturated carbocycles. The van der Waals surface area contributed by atoms with Crippen LogP contribution in [-0.4, -0.2) is 41.1 Å². The lowest BCUT2D eigenvalue weighted by Crippen LogP contribution is -2.30. The third-order valence-corrected chi connectivity index (χ3v) is 5.70. The molecule has 5 nitrogen and oxygen atoms in total. The zero-order chi connectivity index (χ0) is 16.8. The van der Waals surface area contributed by atoms with Gasteiger partial charge in [0.2, 0.25) is 0 Å². The molecule has 0 bridgehead atoms. The van der Waals surface area contributed by atoms with Crippen LogP contribution in [0.1, 0.15) is 54.8 Å². The normalized spacial score (nSPS) is 20.0. The van der Waals surface area contributed by atoms with Crippen LogP contribution in [0.15, 0.2) is 35.7 Å². The van der Waals surface area contributed by atoms with Crippen LogP contribution < -0.4 is 0 Å². The molecular formula is C18H16N2O3S. The van der Waals surface area contributed by atoms with E-state index in [4.69, 9.17) is 0 Å². The van der Waals surface area contributed by atoms with Gasteiger partial charge in [-0.3, -0.25) is 19.3 Å². The maximum absolute atomic E-state index is 12.9. The van der Waals surface area contributed by atoms with Gasteiger partial charge in [0.05, 0.1) is 17.2 Å². The Morgan fingerprint density at radius 2 is 1.96 bits per heavy atom. The molecule has 2 aliphatic heterocycles. The summed E-state index contributed by atoms with van der Waals surface area (Å²) in [5.41, 5.74) is 1.16. The van der Waals surface area contributed by atoms with Crippen molar-refractivity contribution in [3.63, 3.8) is 0 Å². The zero-order valence-electron chi connectivity index (χ0n) is 13.2. The van der Waals surface area contributed by atoms with E-state index in [1.165, 1.54) is 11.9 Å². The van der Waals surface area contributed by atoms with Crippen LogP contribution in [0.5, 0.6) is 0 Å². The SMILES string of the molecule is CN1C(=O)c2ccc(C(=O)N3CCCC3c3cccs3)cc2C1=O. The van der Waals surface area contributed by atoms with E-state index in [2.05, 4.69) is 6.07 Å². The highest BCUT2D eigenvalue weighted by atomic mass is 32.1. The van der Waals surface area contributed by atoms with E-state index in [0.717, 1.165) is 17.7 Å². The second kappa shape index (κ2) is 5.56. The summed E-state index contributed by atoms with van der Waals surface area (Å²) in [4.78, 5) is 41.2. The van der Waals surface area contributed by atoms with Crippen molar-refractivity contribution in [1.29, 1.82) is 0 Å². The second-order valence-electron chi connectivity index (χ2n) is 6.10. The molecule has 2 aliphatic rings. The molecule has 6 heteroatoms. The fourth-order valence-electron chi connectivity index (χ4n) is 3.45. The molecule has 1 unspecified atom stereocenters. The Balaban J connectivity index is 1.66. The van der Waals surface area contributed by atoms with Crippen molar-refractivity contribution in [3.05, 3.63) is 57.3 Å². The monoisotopic (exact) mass is 340 g/mol. The second-order valence-corrected chi connectivity index (χ2v) is 7.08. The molecule has 1 atom stereocenters. The number of carbonyl (C=O) groups is 3. The van der Waals surface area contributed by atoms with Crippen molar-refractivity contribution in [3.8, 4) is 0 Å². The minimum atomic E-state index is -0.346. The average Bonchev–Trinajstić information content (AvgIpc) is 3.32. The average molecular weight is 340 g/mol. The number of hydrogen-bond acceptors (Lipinski definition) is 4. The lowest BCUT2D eigenvalue weighted by molar-refractivity contribution is 0.0692. The van der Waals surface area contributed by atoms with E-state index in [-0.39, 0.29) is 23.8 Å². The number of nitrogens with zero attached hydrogens (tertiary/aromatic N) is 2.